The van der Waals surface area contributed by atoms with Crippen LogP contribution in [-0.4, -0.2) is 36.5 Å². The van der Waals surface area contributed by atoms with Gasteiger partial charge in [0.1, 0.15) is 5.82 Å². The molecule has 0 aromatic rings. The van der Waals surface area contributed by atoms with Crippen molar-refractivity contribution in [3.05, 3.63) is 24.6 Å². The van der Waals surface area contributed by atoms with E-state index in [1.807, 2.05) is 12.2 Å². The number of rotatable bonds is 7. The van der Waals surface area contributed by atoms with Gasteiger partial charge in [-0.1, -0.05) is 12.5 Å². The summed E-state index contributed by atoms with van der Waals surface area (Å²) in [7, 11) is 0. The van der Waals surface area contributed by atoms with Crippen molar-refractivity contribution in [3.63, 3.8) is 0 Å². The summed E-state index contributed by atoms with van der Waals surface area (Å²) in [6.45, 7) is 7.14. The minimum Gasteiger partial charge on any atom is -0.312 e. The first-order valence-corrected chi connectivity index (χ1v) is 7.64. The molecule has 0 aliphatic carbocycles. The molecule has 112 valence electrons. The molecule has 5 nitrogen and oxygen atoms in total. The summed E-state index contributed by atoms with van der Waals surface area (Å²) in [6.07, 6.45) is 10.2. The first-order chi connectivity index (χ1) is 9.78. The average Bonchev–Trinajstić information content (AvgIpc) is 2.88. The Labute approximate surface area is 121 Å². The number of hydrogen-bond donors (Lipinski definition) is 3. The van der Waals surface area contributed by atoms with Crippen molar-refractivity contribution in [2.24, 2.45) is 0 Å². The quantitative estimate of drug-likeness (QED) is 0.614. The number of nitrogens with zero attached hydrogens (tertiary/aromatic N) is 1. The van der Waals surface area contributed by atoms with Gasteiger partial charge in [0.05, 0.1) is 6.04 Å². The van der Waals surface area contributed by atoms with Gasteiger partial charge in [-0.05, 0) is 51.4 Å². The van der Waals surface area contributed by atoms with Gasteiger partial charge in [0, 0.05) is 6.42 Å². The van der Waals surface area contributed by atoms with Crippen LogP contribution in [-0.2, 0) is 4.79 Å². The summed E-state index contributed by atoms with van der Waals surface area (Å²) in [5.41, 5.74) is 6.07. The fraction of sp³-hybridized carbons (Fsp3) is 0.667. The number of hydrazine groups is 1. The van der Waals surface area contributed by atoms with Crippen LogP contribution in [0.25, 0.3) is 0 Å². The second-order valence-electron chi connectivity index (χ2n) is 5.53. The lowest BCUT2D eigenvalue weighted by Gasteiger charge is -2.26. The molecule has 2 heterocycles. The van der Waals surface area contributed by atoms with Crippen LogP contribution in [0.1, 0.15) is 38.5 Å². The molecule has 2 aliphatic heterocycles. The molecule has 0 aromatic heterocycles. The van der Waals surface area contributed by atoms with Crippen molar-refractivity contribution in [3.8, 4) is 0 Å². The fourth-order valence-electron chi connectivity index (χ4n) is 2.69. The Morgan fingerprint density at radius 3 is 3.00 bits per heavy atom. The van der Waals surface area contributed by atoms with E-state index in [0.717, 1.165) is 25.2 Å². The molecule has 0 aromatic carbocycles. The molecular formula is C15H26N4O. The maximum absolute atomic E-state index is 11.8. The zero-order valence-corrected chi connectivity index (χ0v) is 12.2. The molecule has 1 amide bonds. The van der Waals surface area contributed by atoms with Crippen LogP contribution in [0.3, 0.4) is 0 Å². The monoisotopic (exact) mass is 278 g/mol. The van der Waals surface area contributed by atoms with Gasteiger partial charge in [0.15, 0.2) is 0 Å². The molecule has 0 radical (unpaired) electrons. The number of hydrogen-bond acceptors (Lipinski definition) is 4. The topological polar surface area (TPSA) is 56.4 Å². The van der Waals surface area contributed by atoms with Crippen molar-refractivity contribution in [2.75, 3.05) is 19.6 Å². The van der Waals surface area contributed by atoms with Crippen molar-refractivity contribution < 1.29 is 4.79 Å². The molecule has 1 fully saturated rings. The molecule has 1 atom stereocenters. The van der Waals surface area contributed by atoms with Crippen LogP contribution < -0.4 is 16.2 Å². The molecule has 1 saturated heterocycles. The van der Waals surface area contributed by atoms with E-state index in [2.05, 4.69) is 27.6 Å². The Morgan fingerprint density at radius 2 is 2.25 bits per heavy atom. The van der Waals surface area contributed by atoms with Crippen LogP contribution in [0.4, 0.5) is 0 Å². The summed E-state index contributed by atoms with van der Waals surface area (Å²) >= 11 is 0. The maximum Gasteiger partial charge on any atom is 0.225 e. The number of carbonyl (C=O) groups is 1. The predicted molar refractivity (Wildman–Crippen MR) is 80.6 cm³/mol. The number of amides is 1. The van der Waals surface area contributed by atoms with Gasteiger partial charge in [-0.2, -0.15) is 0 Å². The van der Waals surface area contributed by atoms with Crippen LogP contribution in [0.5, 0.6) is 0 Å². The molecular weight excluding hydrogens is 252 g/mol. The zero-order chi connectivity index (χ0) is 14.2. The van der Waals surface area contributed by atoms with E-state index in [0.29, 0.717) is 6.42 Å². The molecule has 0 bridgehead atoms. The van der Waals surface area contributed by atoms with E-state index in [9.17, 15) is 4.79 Å². The molecule has 3 N–H and O–H groups in total. The van der Waals surface area contributed by atoms with Crippen LogP contribution in [0, 0.1) is 0 Å². The Hall–Kier alpha value is -1.33. The molecule has 20 heavy (non-hydrogen) atoms. The van der Waals surface area contributed by atoms with Crippen LogP contribution in [0.2, 0.25) is 0 Å². The first kappa shape index (κ1) is 15.1. The second-order valence-corrected chi connectivity index (χ2v) is 5.53. The SMILES string of the molecule is C=CCC1C=C(NC(=O)CCCN2CCCCC2)NN1. The highest BCUT2D eigenvalue weighted by Crippen LogP contribution is 2.09. The Balaban J connectivity index is 1.60. The molecule has 2 rings (SSSR count). The lowest BCUT2D eigenvalue weighted by atomic mass is 10.1. The van der Waals surface area contributed by atoms with E-state index in [1.54, 1.807) is 0 Å². The van der Waals surface area contributed by atoms with Gasteiger partial charge in [-0.25, -0.2) is 5.43 Å². The number of nitrogens with one attached hydrogen (secondary N) is 3. The fourth-order valence-corrected chi connectivity index (χ4v) is 2.69. The molecule has 5 heteroatoms. The van der Waals surface area contributed by atoms with Crippen LogP contribution >= 0.6 is 0 Å². The van der Waals surface area contributed by atoms with E-state index < -0.39 is 0 Å². The standard InChI is InChI=1S/C15H26N4O/c1-2-7-13-12-14(18-17-13)16-15(20)8-6-11-19-9-4-3-5-10-19/h2,12-13,17-18H,1,3-11H2,(H,16,20). The van der Waals surface area contributed by atoms with Gasteiger partial charge in [0.2, 0.25) is 5.91 Å². The highest BCUT2D eigenvalue weighted by Gasteiger charge is 2.15. The number of likely N-dealkylation sites (tertiary alicyclic amines) is 1. The lowest BCUT2D eigenvalue weighted by molar-refractivity contribution is -0.120. The minimum absolute atomic E-state index is 0.0850. The van der Waals surface area contributed by atoms with Gasteiger partial charge in [-0.3, -0.25) is 4.79 Å². The zero-order valence-electron chi connectivity index (χ0n) is 12.2. The minimum atomic E-state index is 0.0850. The van der Waals surface area contributed by atoms with E-state index in [1.165, 1.54) is 32.4 Å². The number of carbonyl (C=O) groups excluding carboxylic acids is 1. The van der Waals surface area contributed by atoms with E-state index in [4.69, 9.17) is 0 Å². The third-order valence-corrected chi connectivity index (χ3v) is 3.78. The smallest absolute Gasteiger partial charge is 0.225 e. The first-order valence-electron chi connectivity index (χ1n) is 7.64. The van der Waals surface area contributed by atoms with Crippen molar-refractivity contribution in [1.29, 1.82) is 0 Å². The van der Waals surface area contributed by atoms with E-state index in [-0.39, 0.29) is 11.9 Å². The van der Waals surface area contributed by atoms with Gasteiger partial charge in [-0.15, -0.1) is 6.58 Å². The predicted octanol–water partition coefficient (Wildman–Crippen LogP) is 1.26. The Bertz CT molecular complexity index is 361. The van der Waals surface area contributed by atoms with Crippen LogP contribution in [0.15, 0.2) is 24.6 Å². The summed E-state index contributed by atoms with van der Waals surface area (Å²) < 4.78 is 0. The largest absolute Gasteiger partial charge is 0.312 e. The molecule has 0 saturated carbocycles. The second kappa shape index (κ2) is 8.07. The molecule has 2 aliphatic rings. The number of piperidine rings is 1. The summed E-state index contributed by atoms with van der Waals surface area (Å²) in [5.74, 6) is 0.849. The van der Waals surface area contributed by atoms with Gasteiger partial charge < -0.3 is 15.6 Å². The third kappa shape index (κ3) is 4.98. The molecule has 1 unspecified atom stereocenters. The highest BCUT2D eigenvalue weighted by atomic mass is 16.1. The average molecular weight is 278 g/mol. The van der Waals surface area contributed by atoms with Crippen molar-refractivity contribution in [2.45, 2.75) is 44.6 Å². The lowest BCUT2D eigenvalue weighted by Crippen LogP contribution is -2.37. The van der Waals surface area contributed by atoms with E-state index >= 15 is 0 Å². The molecule has 0 spiro atoms. The van der Waals surface area contributed by atoms with Crippen molar-refractivity contribution in [1.82, 2.24) is 21.1 Å². The highest BCUT2D eigenvalue weighted by molar-refractivity contribution is 5.77. The van der Waals surface area contributed by atoms with Crippen molar-refractivity contribution >= 4 is 5.91 Å². The normalized spacial score (nSPS) is 23.0. The summed E-state index contributed by atoms with van der Waals surface area (Å²) in [4.78, 5) is 14.3. The maximum atomic E-state index is 11.8. The summed E-state index contributed by atoms with van der Waals surface area (Å²) in [5, 5.41) is 2.90. The third-order valence-electron chi connectivity index (χ3n) is 3.78. The summed E-state index contributed by atoms with van der Waals surface area (Å²) in [6, 6.07) is 0.219. The van der Waals surface area contributed by atoms with Gasteiger partial charge >= 0.3 is 0 Å². The van der Waals surface area contributed by atoms with Gasteiger partial charge in [0.25, 0.3) is 0 Å². The Morgan fingerprint density at radius 1 is 1.45 bits per heavy atom. The Kier molecular flexibility index (Phi) is 6.08.